The first-order chi connectivity index (χ1) is 11.7. The molecule has 0 fully saturated rings. The summed E-state index contributed by atoms with van der Waals surface area (Å²) in [6.07, 6.45) is 0.867. The van der Waals surface area contributed by atoms with Gasteiger partial charge in [-0.05, 0) is 29.0 Å². The average molecular weight is 340 g/mol. The standard InChI is InChI=1S/C17H16N4O2S/c18-16(22)15-13-4-2-1-3-11(13)5-7-21(15)9-14-19-17(20-23-14)12-6-8-24-10-12/h1-4,6,8,10,15H,5,7,9H2,(H2,18,22). The molecule has 6 nitrogen and oxygen atoms in total. The minimum absolute atomic E-state index is 0.361. The van der Waals surface area contributed by atoms with E-state index in [-0.39, 0.29) is 5.91 Å². The van der Waals surface area contributed by atoms with E-state index in [2.05, 4.69) is 10.1 Å². The predicted octanol–water partition coefficient (Wildman–Crippen LogP) is 2.38. The summed E-state index contributed by atoms with van der Waals surface area (Å²) in [6, 6.07) is 9.40. The summed E-state index contributed by atoms with van der Waals surface area (Å²) >= 11 is 1.58. The molecular formula is C17H16N4O2S. The van der Waals surface area contributed by atoms with Crippen LogP contribution in [-0.4, -0.2) is 27.5 Å². The third kappa shape index (κ3) is 2.72. The summed E-state index contributed by atoms with van der Waals surface area (Å²) in [6.45, 7) is 1.12. The predicted molar refractivity (Wildman–Crippen MR) is 90.1 cm³/mol. The van der Waals surface area contributed by atoms with E-state index < -0.39 is 6.04 Å². The second-order valence-corrected chi connectivity index (χ2v) is 6.53. The van der Waals surface area contributed by atoms with Crippen LogP contribution in [0, 0.1) is 0 Å². The van der Waals surface area contributed by atoms with Gasteiger partial charge in [0.25, 0.3) is 0 Å². The van der Waals surface area contributed by atoms with E-state index in [1.807, 2.05) is 46.0 Å². The third-order valence-electron chi connectivity index (χ3n) is 4.24. The van der Waals surface area contributed by atoms with Crippen LogP contribution < -0.4 is 5.73 Å². The lowest BCUT2D eigenvalue weighted by Crippen LogP contribution is -2.42. The van der Waals surface area contributed by atoms with E-state index in [1.165, 1.54) is 5.56 Å². The molecule has 1 unspecified atom stereocenters. The van der Waals surface area contributed by atoms with E-state index >= 15 is 0 Å². The van der Waals surface area contributed by atoms with Crippen molar-refractivity contribution in [2.45, 2.75) is 19.0 Å². The number of nitrogens with two attached hydrogens (primary N) is 1. The molecule has 0 radical (unpaired) electrons. The zero-order valence-electron chi connectivity index (χ0n) is 12.9. The second kappa shape index (κ2) is 6.18. The number of carbonyl (C=O) groups is 1. The summed E-state index contributed by atoms with van der Waals surface area (Å²) in [7, 11) is 0. The fraction of sp³-hybridized carbons (Fsp3) is 0.235. The summed E-state index contributed by atoms with van der Waals surface area (Å²) in [5.41, 5.74) is 8.73. The number of hydrogen-bond acceptors (Lipinski definition) is 6. The van der Waals surface area contributed by atoms with Crippen LogP contribution in [0.5, 0.6) is 0 Å². The molecule has 1 amide bonds. The van der Waals surface area contributed by atoms with Crippen LogP contribution in [0.25, 0.3) is 11.4 Å². The number of thiophene rings is 1. The van der Waals surface area contributed by atoms with Crippen molar-refractivity contribution >= 4 is 17.2 Å². The number of hydrogen-bond donors (Lipinski definition) is 1. The van der Waals surface area contributed by atoms with Gasteiger partial charge in [-0.25, -0.2) is 0 Å². The molecule has 0 spiro atoms. The van der Waals surface area contributed by atoms with Gasteiger partial charge in [-0.1, -0.05) is 29.4 Å². The zero-order valence-corrected chi connectivity index (χ0v) is 13.7. The van der Waals surface area contributed by atoms with E-state index in [0.717, 1.165) is 24.1 Å². The van der Waals surface area contributed by atoms with Crippen LogP contribution >= 0.6 is 11.3 Å². The van der Waals surface area contributed by atoms with Crippen molar-refractivity contribution in [2.24, 2.45) is 5.73 Å². The Kier molecular flexibility index (Phi) is 3.87. The van der Waals surface area contributed by atoms with Crippen LogP contribution in [0.4, 0.5) is 0 Å². The zero-order chi connectivity index (χ0) is 16.5. The Bertz CT molecular complexity index is 859. The fourth-order valence-corrected chi connectivity index (χ4v) is 3.76. The van der Waals surface area contributed by atoms with Crippen molar-refractivity contribution in [3.05, 3.63) is 58.1 Å². The van der Waals surface area contributed by atoms with Crippen molar-refractivity contribution in [1.82, 2.24) is 15.0 Å². The summed E-state index contributed by atoms with van der Waals surface area (Å²) in [4.78, 5) is 18.5. The van der Waals surface area contributed by atoms with E-state index in [0.29, 0.717) is 18.3 Å². The lowest BCUT2D eigenvalue weighted by molar-refractivity contribution is -0.124. The maximum Gasteiger partial charge on any atom is 0.241 e. The number of aromatic nitrogens is 2. The largest absolute Gasteiger partial charge is 0.368 e. The third-order valence-corrected chi connectivity index (χ3v) is 4.92. The number of primary amides is 1. The molecule has 2 aromatic heterocycles. The number of fused-ring (bicyclic) bond motifs is 1. The molecule has 0 saturated heterocycles. The van der Waals surface area contributed by atoms with Crippen LogP contribution in [0.1, 0.15) is 23.1 Å². The fourth-order valence-electron chi connectivity index (χ4n) is 3.12. The number of rotatable bonds is 4. The smallest absolute Gasteiger partial charge is 0.241 e. The molecule has 3 aromatic rings. The van der Waals surface area contributed by atoms with Gasteiger partial charge in [-0.2, -0.15) is 16.3 Å². The number of benzene rings is 1. The highest BCUT2D eigenvalue weighted by Crippen LogP contribution is 2.30. The quantitative estimate of drug-likeness (QED) is 0.788. The minimum atomic E-state index is -0.466. The first-order valence-corrected chi connectivity index (χ1v) is 8.63. The lowest BCUT2D eigenvalue weighted by Gasteiger charge is -2.34. The molecule has 1 aromatic carbocycles. The van der Waals surface area contributed by atoms with Gasteiger partial charge in [0.1, 0.15) is 6.04 Å². The Morgan fingerprint density at radius 1 is 1.38 bits per heavy atom. The molecule has 0 saturated carbocycles. The van der Waals surface area contributed by atoms with Gasteiger partial charge < -0.3 is 10.3 Å². The minimum Gasteiger partial charge on any atom is -0.368 e. The first kappa shape index (κ1) is 15.0. The summed E-state index contributed by atoms with van der Waals surface area (Å²) in [5.74, 6) is 0.695. The van der Waals surface area contributed by atoms with Crippen LogP contribution in [0.3, 0.4) is 0 Å². The van der Waals surface area contributed by atoms with Crippen molar-refractivity contribution in [1.29, 1.82) is 0 Å². The van der Waals surface area contributed by atoms with E-state index in [4.69, 9.17) is 10.3 Å². The lowest BCUT2D eigenvalue weighted by atomic mass is 9.92. The monoisotopic (exact) mass is 340 g/mol. The maximum absolute atomic E-state index is 12.0. The SMILES string of the molecule is NC(=O)C1c2ccccc2CCN1Cc1nc(-c2ccsc2)no1. The normalized spacial score (nSPS) is 17.6. The molecule has 1 aliphatic heterocycles. The summed E-state index contributed by atoms with van der Waals surface area (Å²) in [5, 5.41) is 7.95. The van der Waals surface area contributed by atoms with E-state index in [9.17, 15) is 4.79 Å². The highest BCUT2D eigenvalue weighted by atomic mass is 32.1. The Morgan fingerprint density at radius 3 is 3.04 bits per heavy atom. The van der Waals surface area contributed by atoms with Crippen molar-refractivity contribution in [3.63, 3.8) is 0 Å². The Morgan fingerprint density at radius 2 is 2.25 bits per heavy atom. The molecule has 24 heavy (non-hydrogen) atoms. The van der Waals surface area contributed by atoms with Gasteiger partial charge in [-0.15, -0.1) is 0 Å². The molecule has 1 aliphatic rings. The van der Waals surface area contributed by atoms with Crippen molar-refractivity contribution < 1.29 is 9.32 Å². The number of nitrogens with zero attached hydrogens (tertiary/aromatic N) is 3. The highest BCUT2D eigenvalue weighted by molar-refractivity contribution is 7.08. The molecule has 4 rings (SSSR count). The molecule has 122 valence electrons. The topological polar surface area (TPSA) is 85.3 Å². The van der Waals surface area contributed by atoms with Crippen LogP contribution in [0.15, 0.2) is 45.6 Å². The average Bonchev–Trinajstić information content (AvgIpc) is 3.25. The van der Waals surface area contributed by atoms with E-state index in [1.54, 1.807) is 11.3 Å². The van der Waals surface area contributed by atoms with Gasteiger partial charge in [-0.3, -0.25) is 9.69 Å². The highest BCUT2D eigenvalue weighted by Gasteiger charge is 2.32. The molecule has 0 aliphatic carbocycles. The Balaban J connectivity index is 1.59. The number of amides is 1. The molecular weight excluding hydrogens is 324 g/mol. The van der Waals surface area contributed by atoms with Gasteiger partial charge in [0.05, 0.1) is 6.54 Å². The molecule has 1 atom stereocenters. The Hall–Kier alpha value is -2.51. The van der Waals surface area contributed by atoms with Crippen molar-refractivity contribution in [2.75, 3.05) is 6.54 Å². The maximum atomic E-state index is 12.0. The second-order valence-electron chi connectivity index (χ2n) is 5.75. The van der Waals surface area contributed by atoms with Gasteiger partial charge in [0, 0.05) is 17.5 Å². The van der Waals surface area contributed by atoms with Gasteiger partial charge in [0.2, 0.25) is 17.6 Å². The van der Waals surface area contributed by atoms with Crippen LogP contribution in [-0.2, 0) is 17.8 Å². The molecule has 2 N–H and O–H groups in total. The summed E-state index contributed by atoms with van der Waals surface area (Å²) < 4.78 is 5.36. The van der Waals surface area contributed by atoms with Crippen LogP contribution in [0.2, 0.25) is 0 Å². The molecule has 0 bridgehead atoms. The van der Waals surface area contributed by atoms with Gasteiger partial charge in [0.15, 0.2) is 0 Å². The first-order valence-electron chi connectivity index (χ1n) is 7.68. The molecule has 3 heterocycles. The number of carbonyl (C=O) groups excluding carboxylic acids is 1. The molecule has 7 heteroatoms. The van der Waals surface area contributed by atoms with Crippen molar-refractivity contribution in [3.8, 4) is 11.4 Å². The Labute approximate surface area is 142 Å². The van der Waals surface area contributed by atoms with Gasteiger partial charge >= 0.3 is 0 Å².